The first kappa shape index (κ1) is 17.3. The van der Waals surface area contributed by atoms with Crippen molar-refractivity contribution in [3.05, 3.63) is 17.8 Å². The van der Waals surface area contributed by atoms with Gasteiger partial charge in [-0.25, -0.2) is 9.78 Å². The molecule has 5 heteroatoms. The highest BCUT2D eigenvalue weighted by Gasteiger charge is 2.18. The maximum absolute atomic E-state index is 11.9. The Labute approximate surface area is 127 Å². The van der Waals surface area contributed by atoms with E-state index in [1.165, 1.54) is 0 Å². The van der Waals surface area contributed by atoms with E-state index in [9.17, 15) is 4.79 Å². The average molecular weight is 293 g/mol. The molecule has 0 spiro atoms. The molecule has 1 rings (SSSR count). The summed E-state index contributed by atoms with van der Waals surface area (Å²) in [6, 6.07) is 1.62. The largest absolute Gasteiger partial charge is 0.462 e. The highest BCUT2D eigenvalue weighted by Crippen LogP contribution is 2.25. The molecular weight excluding hydrogens is 266 g/mol. The van der Waals surface area contributed by atoms with Crippen molar-refractivity contribution in [2.24, 2.45) is 0 Å². The maximum Gasteiger partial charge on any atom is 0.340 e. The van der Waals surface area contributed by atoms with Gasteiger partial charge in [0, 0.05) is 19.3 Å². The fourth-order valence-electron chi connectivity index (χ4n) is 2.12. The molecule has 0 unspecified atom stereocenters. The summed E-state index contributed by atoms with van der Waals surface area (Å²) in [6.07, 6.45) is 6.01. The lowest BCUT2D eigenvalue weighted by atomic mass is 10.2. The Kier molecular flexibility index (Phi) is 7.58. The van der Waals surface area contributed by atoms with Crippen LogP contribution in [0.4, 0.5) is 11.5 Å². The fourth-order valence-corrected chi connectivity index (χ4v) is 2.12. The van der Waals surface area contributed by atoms with Gasteiger partial charge in [0.25, 0.3) is 0 Å². The number of pyridine rings is 1. The van der Waals surface area contributed by atoms with Crippen LogP contribution in [-0.4, -0.2) is 30.6 Å². The van der Waals surface area contributed by atoms with Crippen molar-refractivity contribution in [1.29, 1.82) is 0 Å². The monoisotopic (exact) mass is 293 g/mol. The molecule has 0 saturated heterocycles. The van der Waals surface area contributed by atoms with Gasteiger partial charge in [0.1, 0.15) is 0 Å². The Morgan fingerprint density at radius 1 is 1.24 bits per heavy atom. The predicted molar refractivity (Wildman–Crippen MR) is 86.6 cm³/mol. The third-order valence-corrected chi connectivity index (χ3v) is 3.33. The van der Waals surface area contributed by atoms with E-state index in [1.807, 2.05) is 0 Å². The number of esters is 1. The average Bonchev–Trinajstić information content (AvgIpc) is 2.48. The number of hydrogen-bond donors (Lipinski definition) is 1. The minimum Gasteiger partial charge on any atom is -0.462 e. The predicted octanol–water partition coefficient (Wildman–Crippen LogP) is 3.25. The molecule has 0 aliphatic carbocycles. The summed E-state index contributed by atoms with van der Waals surface area (Å²) in [5.41, 5.74) is 6.98. The number of nitrogens with two attached hydrogens (primary N) is 1. The van der Waals surface area contributed by atoms with E-state index in [0.29, 0.717) is 23.7 Å². The summed E-state index contributed by atoms with van der Waals surface area (Å²) in [5, 5.41) is 0. The van der Waals surface area contributed by atoms with Crippen molar-refractivity contribution < 1.29 is 9.53 Å². The lowest BCUT2D eigenvalue weighted by Gasteiger charge is -2.25. The van der Waals surface area contributed by atoms with Crippen LogP contribution in [0.1, 0.15) is 56.8 Å². The Morgan fingerprint density at radius 2 is 1.86 bits per heavy atom. The lowest BCUT2D eigenvalue weighted by molar-refractivity contribution is 0.0527. The number of rotatable bonds is 9. The molecule has 5 nitrogen and oxygen atoms in total. The lowest BCUT2D eigenvalue weighted by Crippen LogP contribution is -2.28. The molecule has 0 aliphatic rings. The molecule has 0 bridgehead atoms. The fraction of sp³-hybridized carbons (Fsp3) is 0.625. The molecule has 0 radical (unpaired) electrons. The van der Waals surface area contributed by atoms with Crippen LogP contribution in [0.25, 0.3) is 0 Å². The van der Waals surface area contributed by atoms with Crippen molar-refractivity contribution >= 4 is 17.5 Å². The van der Waals surface area contributed by atoms with Crippen LogP contribution in [0.2, 0.25) is 0 Å². The van der Waals surface area contributed by atoms with Crippen molar-refractivity contribution in [2.45, 2.75) is 46.5 Å². The highest BCUT2D eigenvalue weighted by atomic mass is 16.5. The number of anilines is 2. The van der Waals surface area contributed by atoms with E-state index in [1.54, 1.807) is 19.2 Å². The number of unbranched alkanes of at least 4 members (excludes halogenated alkanes) is 2. The number of nitrogen functional groups attached to an aromatic ring is 1. The van der Waals surface area contributed by atoms with Crippen LogP contribution in [0.15, 0.2) is 12.3 Å². The molecule has 0 saturated carbocycles. The standard InChI is InChI=1S/C16H27N3O2/c1-4-7-11-19(12-8-5-2)15-14(17)13(9-10-18-15)16(20)21-6-3/h9-10H,4-8,11-12,17H2,1-3H3. The SMILES string of the molecule is CCCCN(CCCC)c1nccc(C(=O)OCC)c1N. The van der Waals surface area contributed by atoms with Crippen LogP contribution in [0, 0.1) is 0 Å². The summed E-state index contributed by atoms with van der Waals surface area (Å²) in [7, 11) is 0. The number of hydrogen-bond acceptors (Lipinski definition) is 5. The van der Waals surface area contributed by atoms with Crippen LogP contribution in [0.5, 0.6) is 0 Å². The van der Waals surface area contributed by atoms with Crippen LogP contribution in [0.3, 0.4) is 0 Å². The molecular formula is C16H27N3O2. The number of ether oxygens (including phenoxy) is 1. The van der Waals surface area contributed by atoms with Crippen LogP contribution < -0.4 is 10.6 Å². The molecule has 1 heterocycles. The zero-order valence-corrected chi connectivity index (χ0v) is 13.4. The van der Waals surface area contributed by atoms with Crippen molar-refractivity contribution in [3.8, 4) is 0 Å². The van der Waals surface area contributed by atoms with Gasteiger partial charge in [0.15, 0.2) is 5.82 Å². The van der Waals surface area contributed by atoms with Gasteiger partial charge in [-0.2, -0.15) is 0 Å². The van der Waals surface area contributed by atoms with Gasteiger partial charge in [-0.1, -0.05) is 26.7 Å². The van der Waals surface area contributed by atoms with Gasteiger partial charge in [-0.15, -0.1) is 0 Å². The second-order valence-corrected chi connectivity index (χ2v) is 5.01. The Bertz CT molecular complexity index is 441. The van der Waals surface area contributed by atoms with Crippen molar-refractivity contribution in [3.63, 3.8) is 0 Å². The second kappa shape index (κ2) is 9.21. The molecule has 0 fully saturated rings. The van der Waals surface area contributed by atoms with Crippen LogP contribution >= 0.6 is 0 Å². The van der Waals surface area contributed by atoms with Crippen molar-refractivity contribution in [2.75, 3.05) is 30.3 Å². The van der Waals surface area contributed by atoms with Crippen LogP contribution in [-0.2, 0) is 4.74 Å². The van der Waals surface area contributed by atoms with Gasteiger partial charge in [-0.3, -0.25) is 0 Å². The Balaban J connectivity index is 3.01. The molecule has 0 atom stereocenters. The normalized spacial score (nSPS) is 10.4. The molecule has 0 amide bonds. The summed E-state index contributed by atoms with van der Waals surface area (Å²) in [5.74, 6) is 0.312. The minimum atomic E-state index is -0.385. The van der Waals surface area contributed by atoms with E-state index < -0.39 is 0 Å². The third-order valence-electron chi connectivity index (χ3n) is 3.33. The Morgan fingerprint density at radius 3 is 2.38 bits per heavy atom. The number of carbonyl (C=O) groups is 1. The molecule has 1 aromatic heterocycles. The molecule has 21 heavy (non-hydrogen) atoms. The zero-order chi connectivity index (χ0) is 15.7. The molecule has 1 aromatic rings. The van der Waals surface area contributed by atoms with Gasteiger partial charge < -0.3 is 15.4 Å². The van der Waals surface area contributed by atoms with Gasteiger partial charge >= 0.3 is 5.97 Å². The van der Waals surface area contributed by atoms with Crippen molar-refractivity contribution in [1.82, 2.24) is 4.98 Å². The molecule has 0 aliphatic heterocycles. The first-order valence-electron chi connectivity index (χ1n) is 7.82. The first-order chi connectivity index (χ1) is 10.2. The van der Waals surface area contributed by atoms with Gasteiger partial charge in [0.05, 0.1) is 17.9 Å². The van der Waals surface area contributed by atoms with Gasteiger partial charge in [0.2, 0.25) is 0 Å². The smallest absolute Gasteiger partial charge is 0.340 e. The van der Waals surface area contributed by atoms with E-state index in [-0.39, 0.29) is 5.97 Å². The first-order valence-corrected chi connectivity index (χ1v) is 7.82. The van der Waals surface area contributed by atoms with E-state index >= 15 is 0 Å². The Hall–Kier alpha value is -1.78. The second-order valence-electron chi connectivity index (χ2n) is 5.01. The number of carbonyl (C=O) groups excluding carboxylic acids is 1. The topological polar surface area (TPSA) is 68.5 Å². The van der Waals surface area contributed by atoms with Gasteiger partial charge in [-0.05, 0) is 25.8 Å². The summed E-state index contributed by atoms with van der Waals surface area (Å²) < 4.78 is 5.04. The molecule has 118 valence electrons. The third kappa shape index (κ3) is 4.92. The number of aromatic nitrogens is 1. The van der Waals surface area contributed by atoms with E-state index in [4.69, 9.17) is 10.5 Å². The zero-order valence-electron chi connectivity index (χ0n) is 13.4. The van der Waals surface area contributed by atoms with E-state index in [0.717, 1.165) is 38.8 Å². The summed E-state index contributed by atoms with van der Waals surface area (Å²) in [4.78, 5) is 18.5. The maximum atomic E-state index is 11.9. The number of nitrogens with zero attached hydrogens (tertiary/aromatic N) is 2. The quantitative estimate of drug-likeness (QED) is 0.708. The summed E-state index contributed by atoms with van der Waals surface area (Å²) >= 11 is 0. The van der Waals surface area contributed by atoms with E-state index in [2.05, 4.69) is 23.7 Å². The molecule has 2 N–H and O–H groups in total. The highest BCUT2D eigenvalue weighted by molar-refractivity contribution is 5.97. The minimum absolute atomic E-state index is 0.339. The molecule has 0 aromatic carbocycles. The summed E-state index contributed by atoms with van der Waals surface area (Å²) in [6.45, 7) is 8.24.